The molecule has 1 aromatic carbocycles. The Morgan fingerprint density at radius 2 is 2.12 bits per heavy atom. The average molecular weight is 225 g/mol. The van der Waals surface area contributed by atoms with Crippen molar-refractivity contribution in [1.82, 2.24) is 0 Å². The van der Waals surface area contributed by atoms with Crippen molar-refractivity contribution in [2.45, 2.75) is 13.0 Å². The number of carbonyl (C=O) groups excluding carboxylic acids is 1. The fourth-order valence-corrected chi connectivity index (χ4v) is 1.13. The largest absolute Gasteiger partial charge is 0.490 e. The Hall–Kier alpha value is -1.75. The van der Waals surface area contributed by atoms with E-state index in [1.807, 2.05) is 25.1 Å². The van der Waals surface area contributed by atoms with E-state index < -0.39 is 12.2 Å². The van der Waals surface area contributed by atoms with E-state index in [0.717, 1.165) is 5.56 Å². The minimum Gasteiger partial charge on any atom is -0.490 e. The number of hydrogen-bond donors (Lipinski definition) is 2. The van der Waals surface area contributed by atoms with Crippen molar-refractivity contribution in [2.75, 3.05) is 13.2 Å². The van der Waals surface area contributed by atoms with Crippen LogP contribution in [-0.4, -0.2) is 30.5 Å². The first-order chi connectivity index (χ1) is 7.59. The van der Waals surface area contributed by atoms with Gasteiger partial charge >= 0.3 is 6.09 Å². The SMILES string of the molecule is Cc1ccccc1OC[C@H](O)COC(N)=O. The minimum absolute atomic E-state index is 0.0537. The second kappa shape index (κ2) is 5.97. The van der Waals surface area contributed by atoms with Gasteiger partial charge in [0.25, 0.3) is 0 Å². The first-order valence-electron chi connectivity index (χ1n) is 4.88. The molecule has 5 nitrogen and oxygen atoms in total. The summed E-state index contributed by atoms with van der Waals surface area (Å²) in [7, 11) is 0. The zero-order chi connectivity index (χ0) is 12.0. The molecule has 0 heterocycles. The van der Waals surface area contributed by atoms with Gasteiger partial charge in [0.15, 0.2) is 0 Å². The van der Waals surface area contributed by atoms with Crippen LogP contribution in [-0.2, 0) is 4.74 Å². The molecule has 5 heteroatoms. The Balaban J connectivity index is 2.34. The van der Waals surface area contributed by atoms with Gasteiger partial charge in [-0.15, -0.1) is 0 Å². The van der Waals surface area contributed by atoms with Crippen LogP contribution in [0.15, 0.2) is 24.3 Å². The van der Waals surface area contributed by atoms with E-state index in [9.17, 15) is 9.90 Å². The maximum absolute atomic E-state index is 10.3. The number of primary amides is 1. The van der Waals surface area contributed by atoms with E-state index in [2.05, 4.69) is 4.74 Å². The van der Waals surface area contributed by atoms with Gasteiger partial charge in [-0.25, -0.2) is 4.79 Å². The van der Waals surface area contributed by atoms with Crippen LogP contribution in [0.25, 0.3) is 0 Å². The van der Waals surface area contributed by atoms with Crippen LogP contribution >= 0.6 is 0 Å². The highest BCUT2D eigenvalue weighted by molar-refractivity contribution is 5.64. The van der Waals surface area contributed by atoms with E-state index in [4.69, 9.17) is 10.5 Å². The van der Waals surface area contributed by atoms with E-state index in [1.54, 1.807) is 6.07 Å². The fourth-order valence-electron chi connectivity index (χ4n) is 1.13. The third-order valence-corrected chi connectivity index (χ3v) is 1.94. The smallest absolute Gasteiger partial charge is 0.404 e. The molecule has 0 unspecified atom stereocenters. The Bertz CT molecular complexity index is 354. The maximum atomic E-state index is 10.3. The number of carbonyl (C=O) groups is 1. The Morgan fingerprint density at radius 1 is 1.44 bits per heavy atom. The second-order valence-electron chi connectivity index (χ2n) is 3.36. The number of nitrogens with two attached hydrogens (primary N) is 1. The van der Waals surface area contributed by atoms with Gasteiger partial charge in [0.2, 0.25) is 0 Å². The molecule has 0 bridgehead atoms. The summed E-state index contributed by atoms with van der Waals surface area (Å²) in [5.41, 5.74) is 5.74. The van der Waals surface area contributed by atoms with Crippen molar-refractivity contribution in [3.8, 4) is 5.75 Å². The van der Waals surface area contributed by atoms with Crippen molar-refractivity contribution in [1.29, 1.82) is 0 Å². The summed E-state index contributed by atoms with van der Waals surface area (Å²) < 4.78 is 9.78. The predicted octanol–water partition coefficient (Wildman–Crippen LogP) is 0.830. The molecule has 0 aliphatic heterocycles. The molecule has 0 spiro atoms. The van der Waals surface area contributed by atoms with Gasteiger partial charge in [-0.3, -0.25) is 0 Å². The lowest BCUT2D eigenvalue weighted by atomic mass is 10.2. The number of amides is 1. The summed E-state index contributed by atoms with van der Waals surface area (Å²) in [6.45, 7) is 1.79. The minimum atomic E-state index is -0.907. The molecular formula is C11H15NO4. The second-order valence-corrected chi connectivity index (χ2v) is 3.36. The molecule has 1 amide bonds. The van der Waals surface area contributed by atoms with Gasteiger partial charge in [-0.1, -0.05) is 18.2 Å². The van der Waals surface area contributed by atoms with Gasteiger partial charge in [0, 0.05) is 0 Å². The van der Waals surface area contributed by atoms with Crippen LogP contribution in [0.1, 0.15) is 5.56 Å². The van der Waals surface area contributed by atoms with Gasteiger partial charge in [0.05, 0.1) is 0 Å². The van der Waals surface area contributed by atoms with Gasteiger partial charge in [-0.2, -0.15) is 0 Å². The Kier molecular flexibility index (Phi) is 4.60. The van der Waals surface area contributed by atoms with Gasteiger partial charge in [-0.05, 0) is 18.6 Å². The van der Waals surface area contributed by atoms with Crippen LogP contribution < -0.4 is 10.5 Å². The van der Waals surface area contributed by atoms with Crippen molar-refractivity contribution in [3.05, 3.63) is 29.8 Å². The number of aryl methyl sites for hydroxylation is 1. The van der Waals surface area contributed by atoms with Crippen molar-refractivity contribution in [3.63, 3.8) is 0 Å². The summed E-state index contributed by atoms with van der Waals surface area (Å²) in [6, 6.07) is 7.45. The molecule has 0 aliphatic rings. The van der Waals surface area contributed by atoms with Crippen molar-refractivity contribution < 1.29 is 19.4 Å². The van der Waals surface area contributed by atoms with E-state index in [0.29, 0.717) is 5.75 Å². The quantitative estimate of drug-likeness (QED) is 0.777. The molecule has 16 heavy (non-hydrogen) atoms. The van der Waals surface area contributed by atoms with Crippen molar-refractivity contribution >= 4 is 6.09 Å². The number of benzene rings is 1. The Morgan fingerprint density at radius 3 is 2.75 bits per heavy atom. The van der Waals surface area contributed by atoms with E-state index >= 15 is 0 Å². The molecule has 0 saturated carbocycles. The zero-order valence-electron chi connectivity index (χ0n) is 9.05. The molecule has 1 atom stereocenters. The highest BCUT2D eigenvalue weighted by Gasteiger charge is 2.08. The number of aliphatic hydroxyl groups excluding tert-OH is 1. The van der Waals surface area contributed by atoms with Crippen LogP contribution in [0.3, 0.4) is 0 Å². The number of ether oxygens (including phenoxy) is 2. The molecule has 0 aliphatic carbocycles. The number of para-hydroxylation sites is 1. The Labute approximate surface area is 93.8 Å². The molecule has 3 N–H and O–H groups in total. The summed E-state index contributed by atoms with van der Waals surface area (Å²) in [5, 5.41) is 9.39. The first kappa shape index (κ1) is 12.3. The van der Waals surface area contributed by atoms with Gasteiger partial charge in [0.1, 0.15) is 25.1 Å². The lowest BCUT2D eigenvalue weighted by molar-refractivity contribution is 0.0418. The standard InChI is InChI=1S/C11H15NO4/c1-8-4-2-3-5-10(8)15-6-9(13)7-16-11(12)14/h2-5,9,13H,6-7H2,1H3,(H2,12,14)/t9-/m0/s1. The molecule has 0 fully saturated rings. The molecule has 0 radical (unpaired) electrons. The molecule has 1 rings (SSSR count). The van der Waals surface area contributed by atoms with Gasteiger partial charge < -0.3 is 20.3 Å². The molecule has 0 aromatic heterocycles. The molecule has 1 aromatic rings. The molecular weight excluding hydrogens is 210 g/mol. The van der Waals surface area contributed by atoms with E-state index in [1.165, 1.54) is 0 Å². The van der Waals surface area contributed by atoms with E-state index in [-0.39, 0.29) is 13.2 Å². The topological polar surface area (TPSA) is 81.8 Å². The number of aliphatic hydroxyl groups is 1. The number of hydrogen-bond acceptors (Lipinski definition) is 4. The van der Waals surface area contributed by atoms with Crippen LogP contribution in [0.4, 0.5) is 4.79 Å². The maximum Gasteiger partial charge on any atom is 0.404 e. The summed E-state index contributed by atoms with van der Waals surface area (Å²) in [4.78, 5) is 10.3. The average Bonchev–Trinajstić information content (AvgIpc) is 2.25. The first-order valence-corrected chi connectivity index (χ1v) is 4.88. The normalized spacial score (nSPS) is 11.9. The third kappa shape index (κ3) is 4.18. The molecule has 88 valence electrons. The predicted molar refractivity (Wildman–Crippen MR) is 58.2 cm³/mol. The fraction of sp³-hybridized carbons (Fsp3) is 0.364. The van der Waals surface area contributed by atoms with Crippen LogP contribution in [0.2, 0.25) is 0 Å². The lowest BCUT2D eigenvalue weighted by Gasteiger charge is -2.13. The monoisotopic (exact) mass is 225 g/mol. The summed E-state index contributed by atoms with van der Waals surface area (Å²) in [6.07, 6.45) is -1.79. The highest BCUT2D eigenvalue weighted by Crippen LogP contribution is 2.16. The summed E-state index contributed by atoms with van der Waals surface area (Å²) >= 11 is 0. The summed E-state index contributed by atoms with van der Waals surface area (Å²) in [5.74, 6) is 0.695. The number of rotatable bonds is 5. The third-order valence-electron chi connectivity index (χ3n) is 1.94. The lowest BCUT2D eigenvalue weighted by Crippen LogP contribution is -2.27. The highest BCUT2D eigenvalue weighted by atomic mass is 16.6. The van der Waals surface area contributed by atoms with Crippen molar-refractivity contribution in [2.24, 2.45) is 5.73 Å². The van der Waals surface area contributed by atoms with Crippen LogP contribution in [0.5, 0.6) is 5.75 Å². The molecule has 0 saturated heterocycles. The zero-order valence-corrected chi connectivity index (χ0v) is 9.05. The van der Waals surface area contributed by atoms with Crippen LogP contribution in [0, 0.1) is 6.92 Å².